The molecule has 1 aromatic carbocycles. The molecule has 31 heavy (non-hydrogen) atoms. The Balaban J connectivity index is 0.00000480. The summed E-state index contributed by atoms with van der Waals surface area (Å²) >= 11 is 0. The summed E-state index contributed by atoms with van der Waals surface area (Å²) in [5.74, 6) is -0.135. The lowest BCUT2D eigenvalue weighted by atomic mass is 10.1. The summed E-state index contributed by atoms with van der Waals surface area (Å²) in [5.41, 5.74) is -0.738. The van der Waals surface area contributed by atoms with Crippen LogP contribution in [0.4, 0.5) is 26.3 Å². The fourth-order valence-electron chi connectivity index (χ4n) is 3.01. The van der Waals surface area contributed by atoms with E-state index < -0.39 is 30.4 Å². The highest BCUT2D eigenvalue weighted by molar-refractivity contribution is 14.0. The zero-order valence-electron chi connectivity index (χ0n) is 16.6. The molecular formula is C18H24F6IN5O. The van der Waals surface area contributed by atoms with Crippen LogP contribution >= 0.6 is 24.0 Å². The second-order valence-corrected chi connectivity index (χ2v) is 6.81. The maximum absolute atomic E-state index is 12.5. The van der Waals surface area contributed by atoms with Crippen molar-refractivity contribution in [3.05, 3.63) is 35.4 Å². The molecule has 0 bridgehead atoms. The van der Waals surface area contributed by atoms with Gasteiger partial charge in [-0.1, -0.05) is 0 Å². The Morgan fingerprint density at radius 1 is 1.10 bits per heavy atom. The minimum atomic E-state index is -4.47. The summed E-state index contributed by atoms with van der Waals surface area (Å²) in [6.07, 6.45) is -8.16. The Morgan fingerprint density at radius 2 is 1.71 bits per heavy atom. The van der Waals surface area contributed by atoms with Crippen LogP contribution in [0.2, 0.25) is 0 Å². The first-order valence-corrected chi connectivity index (χ1v) is 9.19. The third-order valence-electron chi connectivity index (χ3n) is 4.42. The molecule has 1 heterocycles. The molecule has 2 rings (SSSR count). The molecule has 1 aliphatic rings. The first kappa shape index (κ1) is 27.3. The average molecular weight is 567 g/mol. The van der Waals surface area contributed by atoms with Gasteiger partial charge in [-0.15, -0.1) is 24.0 Å². The normalized spacial score (nSPS) is 17.8. The van der Waals surface area contributed by atoms with E-state index >= 15 is 0 Å². The Kier molecular flexibility index (Phi) is 10.3. The molecule has 1 fully saturated rings. The minimum absolute atomic E-state index is 0. The molecule has 1 amide bonds. The number of likely N-dealkylation sites (tertiary alicyclic amines) is 1. The summed E-state index contributed by atoms with van der Waals surface area (Å²) < 4.78 is 75.0. The predicted molar refractivity (Wildman–Crippen MR) is 115 cm³/mol. The van der Waals surface area contributed by atoms with Gasteiger partial charge in [-0.2, -0.15) is 26.3 Å². The first-order chi connectivity index (χ1) is 14.0. The van der Waals surface area contributed by atoms with Gasteiger partial charge in [0.05, 0.1) is 12.1 Å². The second-order valence-electron chi connectivity index (χ2n) is 6.81. The Labute approximate surface area is 192 Å². The third kappa shape index (κ3) is 9.49. The van der Waals surface area contributed by atoms with E-state index in [-0.39, 0.29) is 55.2 Å². The van der Waals surface area contributed by atoms with E-state index in [1.165, 1.54) is 11.9 Å². The standard InChI is InChI=1S/C18H23F6N5O.HI/c1-25-16(28-14-6-9-29(10-14)11-17(19,20)21)27-8-7-26-15(30)12-2-4-13(5-3-12)18(22,23)24;/h2-5,14H,6-11H2,1H3,(H,26,30)(H2,25,27,28);1H. The fraction of sp³-hybridized carbons (Fsp3) is 0.556. The van der Waals surface area contributed by atoms with Crippen LogP contribution in [0.15, 0.2) is 29.3 Å². The van der Waals surface area contributed by atoms with Crippen molar-refractivity contribution >= 4 is 35.8 Å². The molecular weight excluding hydrogens is 543 g/mol. The van der Waals surface area contributed by atoms with Crippen LogP contribution in [-0.4, -0.2) is 68.8 Å². The van der Waals surface area contributed by atoms with Crippen LogP contribution in [0.25, 0.3) is 0 Å². The van der Waals surface area contributed by atoms with Crippen LogP contribution in [0.3, 0.4) is 0 Å². The van der Waals surface area contributed by atoms with E-state index in [1.54, 1.807) is 0 Å². The van der Waals surface area contributed by atoms with Crippen molar-refractivity contribution < 1.29 is 31.1 Å². The lowest BCUT2D eigenvalue weighted by Crippen LogP contribution is -2.47. The van der Waals surface area contributed by atoms with Gasteiger partial charge in [0.15, 0.2) is 5.96 Å². The lowest BCUT2D eigenvalue weighted by molar-refractivity contribution is -0.143. The van der Waals surface area contributed by atoms with Crippen LogP contribution in [0.5, 0.6) is 0 Å². The van der Waals surface area contributed by atoms with E-state index in [2.05, 4.69) is 20.9 Å². The molecule has 0 aromatic heterocycles. The molecule has 0 radical (unpaired) electrons. The highest BCUT2D eigenvalue weighted by atomic mass is 127. The van der Waals surface area contributed by atoms with E-state index in [4.69, 9.17) is 0 Å². The van der Waals surface area contributed by atoms with Gasteiger partial charge in [-0.25, -0.2) is 0 Å². The van der Waals surface area contributed by atoms with Gasteiger partial charge in [0.2, 0.25) is 0 Å². The number of amides is 1. The largest absolute Gasteiger partial charge is 0.416 e. The molecule has 0 saturated carbocycles. The summed E-state index contributed by atoms with van der Waals surface area (Å²) in [6, 6.07) is 3.68. The molecule has 0 spiro atoms. The predicted octanol–water partition coefficient (Wildman–Crippen LogP) is 2.85. The molecule has 3 N–H and O–H groups in total. The number of guanidine groups is 1. The summed E-state index contributed by atoms with van der Waals surface area (Å²) in [4.78, 5) is 17.3. The minimum Gasteiger partial charge on any atom is -0.355 e. The number of nitrogens with zero attached hydrogens (tertiary/aromatic N) is 2. The second kappa shape index (κ2) is 11.7. The van der Waals surface area contributed by atoms with Crippen molar-refractivity contribution in [2.45, 2.75) is 24.8 Å². The van der Waals surface area contributed by atoms with Crippen LogP contribution in [-0.2, 0) is 6.18 Å². The molecule has 1 aromatic rings. The number of nitrogens with one attached hydrogen (secondary N) is 3. The van der Waals surface area contributed by atoms with Gasteiger partial charge in [0.25, 0.3) is 5.91 Å². The highest BCUT2D eigenvalue weighted by Gasteiger charge is 2.34. The van der Waals surface area contributed by atoms with Crippen molar-refractivity contribution in [1.82, 2.24) is 20.9 Å². The number of hydrogen-bond donors (Lipinski definition) is 3. The van der Waals surface area contributed by atoms with E-state index in [9.17, 15) is 31.1 Å². The summed E-state index contributed by atoms with van der Waals surface area (Å²) in [6.45, 7) is 0.0614. The van der Waals surface area contributed by atoms with Crippen molar-refractivity contribution in [2.75, 3.05) is 39.8 Å². The molecule has 1 aliphatic heterocycles. The molecule has 6 nitrogen and oxygen atoms in total. The molecule has 1 unspecified atom stereocenters. The van der Waals surface area contributed by atoms with Gasteiger partial charge >= 0.3 is 12.4 Å². The first-order valence-electron chi connectivity index (χ1n) is 9.19. The molecule has 176 valence electrons. The maximum atomic E-state index is 12.5. The van der Waals surface area contributed by atoms with E-state index in [0.29, 0.717) is 18.9 Å². The van der Waals surface area contributed by atoms with Crippen LogP contribution in [0, 0.1) is 0 Å². The van der Waals surface area contributed by atoms with Crippen molar-refractivity contribution in [3.8, 4) is 0 Å². The SMILES string of the molecule is CN=C(NCCNC(=O)c1ccc(C(F)(F)F)cc1)NC1CCN(CC(F)(F)F)C1.I. The number of hydrogen-bond acceptors (Lipinski definition) is 3. The van der Waals surface area contributed by atoms with Crippen LogP contribution < -0.4 is 16.0 Å². The third-order valence-corrected chi connectivity index (χ3v) is 4.42. The maximum Gasteiger partial charge on any atom is 0.416 e. The zero-order valence-corrected chi connectivity index (χ0v) is 18.9. The molecule has 0 aliphatic carbocycles. The number of aliphatic imine (C=N–C) groups is 1. The summed E-state index contributed by atoms with van der Waals surface area (Å²) in [7, 11) is 1.51. The van der Waals surface area contributed by atoms with Gasteiger partial charge in [-0.3, -0.25) is 14.7 Å². The number of benzene rings is 1. The van der Waals surface area contributed by atoms with Gasteiger partial charge in [0.1, 0.15) is 0 Å². The average Bonchev–Trinajstić information content (AvgIpc) is 3.08. The van der Waals surface area contributed by atoms with Crippen molar-refractivity contribution in [1.29, 1.82) is 0 Å². The number of carbonyl (C=O) groups excluding carboxylic acids is 1. The fourth-order valence-corrected chi connectivity index (χ4v) is 3.01. The van der Waals surface area contributed by atoms with E-state index in [0.717, 1.165) is 24.3 Å². The summed E-state index contributed by atoms with van der Waals surface area (Å²) in [5, 5.41) is 8.53. The Morgan fingerprint density at radius 3 is 2.26 bits per heavy atom. The molecule has 1 atom stereocenters. The number of rotatable bonds is 6. The number of halogens is 7. The quantitative estimate of drug-likeness (QED) is 0.163. The van der Waals surface area contributed by atoms with Gasteiger partial charge in [-0.05, 0) is 30.7 Å². The zero-order chi connectivity index (χ0) is 22.4. The Bertz CT molecular complexity index is 738. The Hall–Kier alpha value is -1.77. The molecule has 13 heteroatoms. The van der Waals surface area contributed by atoms with Crippen LogP contribution in [0.1, 0.15) is 22.3 Å². The van der Waals surface area contributed by atoms with Gasteiger partial charge in [0, 0.05) is 44.8 Å². The van der Waals surface area contributed by atoms with E-state index in [1.807, 2.05) is 0 Å². The number of alkyl halides is 6. The van der Waals surface area contributed by atoms with Crippen molar-refractivity contribution in [3.63, 3.8) is 0 Å². The number of carbonyl (C=O) groups is 1. The highest BCUT2D eigenvalue weighted by Crippen LogP contribution is 2.29. The van der Waals surface area contributed by atoms with Crippen molar-refractivity contribution in [2.24, 2.45) is 4.99 Å². The monoisotopic (exact) mass is 567 g/mol. The van der Waals surface area contributed by atoms with Gasteiger partial charge < -0.3 is 16.0 Å². The lowest BCUT2D eigenvalue weighted by Gasteiger charge is -2.19. The topological polar surface area (TPSA) is 68.8 Å². The molecule has 1 saturated heterocycles. The smallest absolute Gasteiger partial charge is 0.355 e.